The van der Waals surface area contributed by atoms with Gasteiger partial charge in [-0.25, -0.2) is 4.39 Å². The van der Waals surface area contributed by atoms with Gasteiger partial charge < -0.3 is 10.6 Å². The van der Waals surface area contributed by atoms with E-state index in [1.807, 2.05) is 0 Å². The molecule has 0 bridgehead atoms. The van der Waals surface area contributed by atoms with E-state index in [1.54, 1.807) is 13.1 Å². The Labute approximate surface area is 146 Å². The molecule has 0 saturated carbocycles. The summed E-state index contributed by atoms with van der Waals surface area (Å²) in [6, 6.07) is 5.63. The third-order valence-corrected chi connectivity index (χ3v) is 5.14. The van der Waals surface area contributed by atoms with Crippen molar-refractivity contribution in [3.63, 3.8) is 0 Å². The zero-order valence-electron chi connectivity index (χ0n) is 14.2. The van der Waals surface area contributed by atoms with Crippen LogP contribution in [0.1, 0.15) is 26.3 Å². The minimum absolute atomic E-state index is 0.232. The molecular weight excluding hydrogens is 359 g/mol. The molecule has 0 aromatic heterocycles. The fraction of sp³-hybridized carbons (Fsp3) is 0.588. The molecule has 2 rings (SSSR count). The first kappa shape index (κ1) is 18.2. The fourth-order valence-corrected chi connectivity index (χ4v) is 3.23. The third-order valence-electron chi connectivity index (χ3n) is 4.37. The van der Waals surface area contributed by atoms with E-state index in [0.29, 0.717) is 24.5 Å². The molecule has 1 aliphatic rings. The molecule has 128 valence electrons. The number of halogens is 2. The highest BCUT2D eigenvalue weighted by molar-refractivity contribution is 9.10. The highest BCUT2D eigenvalue weighted by atomic mass is 79.9. The Kier molecular flexibility index (Phi) is 6.41. The van der Waals surface area contributed by atoms with E-state index < -0.39 is 0 Å². The number of aliphatic imine (C=N–C) groups is 1. The average Bonchev–Trinajstić information content (AvgIpc) is 2.88. The van der Waals surface area contributed by atoms with Crippen LogP contribution in [0, 0.1) is 11.7 Å². The fourth-order valence-electron chi connectivity index (χ4n) is 2.84. The monoisotopic (exact) mass is 384 g/mol. The molecule has 23 heavy (non-hydrogen) atoms. The second-order valence-electron chi connectivity index (χ2n) is 6.44. The van der Waals surface area contributed by atoms with Crippen molar-refractivity contribution in [2.24, 2.45) is 10.9 Å². The lowest BCUT2D eigenvalue weighted by atomic mass is 10.1. The smallest absolute Gasteiger partial charge is 0.191 e. The molecule has 2 N–H and O–H groups in total. The third kappa shape index (κ3) is 4.91. The van der Waals surface area contributed by atoms with Crippen LogP contribution in [0.4, 0.5) is 4.39 Å². The molecule has 1 saturated heterocycles. The van der Waals surface area contributed by atoms with Gasteiger partial charge in [-0.2, -0.15) is 0 Å². The Hall–Kier alpha value is -1.14. The van der Waals surface area contributed by atoms with Gasteiger partial charge in [-0.15, -0.1) is 0 Å². The quantitative estimate of drug-likeness (QED) is 0.619. The largest absolute Gasteiger partial charge is 0.352 e. The van der Waals surface area contributed by atoms with Crippen LogP contribution in [0.2, 0.25) is 0 Å². The molecule has 1 aromatic rings. The molecule has 0 aliphatic carbocycles. The van der Waals surface area contributed by atoms with Gasteiger partial charge in [0.05, 0.1) is 0 Å². The first-order chi connectivity index (χ1) is 10.9. The lowest BCUT2D eigenvalue weighted by Crippen LogP contribution is -2.46. The van der Waals surface area contributed by atoms with Gasteiger partial charge in [-0.1, -0.05) is 22.9 Å². The summed E-state index contributed by atoms with van der Waals surface area (Å²) in [6.07, 6.45) is 0. The Morgan fingerprint density at radius 3 is 2.78 bits per heavy atom. The first-order valence-electron chi connectivity index (χ1n) is 8.06. The lowest BCUT2D eigenvalue weighted by Gasteiger charge is -2.22. The number of rotatable bonds is 4. The van der Waals surface area contributed by atoms with Crippen molar-refractivity contribution in [1.82, 2.24) is 15.5 Å². The van der Waals surface area contributed by atoms with Crippen molar-refractivity contribution in [3.05, 3.63) is 34.1 Å². The number of guanidine groups is 1. The summed E-state index contributed by atoms with van der Waals surface area (Å²) in [6.45, 7) is 9.35. The second-order valence-corrected chi connectivity index (χ2v) is 7.29. The molecule has 0 amide bonds. The van der Waals surface area contributed by atoms with Crippen molar-refractivity contribution >= 4 is 21.9 Å². The maximum Gasteiger partial charge on any atom is 0.191 e. The summed E-state index contributed by atoms with van der Waals surface area (Å²) in [7, 11) is 1.76. The number of benzene rings is 1. The summed E-state index contributed by atoms with van der Waals surface area (Å²) in [4.78, 5) is 6.76. The summed E-state index contributed by atoms with van der Waals surface area (Å²) in [5.41, 5.74) is 0.872. The maximum atomic E-state index is 13.4. The van der Waals surface area contributed by atoms with Gasteiger partial charge in [0.15, 0.2) is 5.96 Å². The molecule has 2 atom stereocenters. The van der Waals surface area contributed by atoms with Crippen molar-refractivity contribution in [2.45, 2.75) is 39.4 Å². The summed E-state index contributed by atoms with van der Waals surface area (Å²) < 4.78 is 14.2. The molecule has 0 radical (unpaired) electrons. The van der Waals surface area contributed by atoms with Gasteiger partial charge in [0.1, 0.15) is 5.82 Å². The standard InChI is InChI=1S/C17H26BrFN4/c1-11(2)23-9-12(3)16(10-23)22-17(20-4)21-8-13-7-14(19)5-6-15(13)18/h5-7,11-12,16H,8-10H2,1-4H3,(H2,20,21,22). The molecule has 6 heteroatoms. The van der Waals surface area contributed by atoms with Crippen molar-refractivity contribution in [2.75, 3.05) is 20.1 Å². The van der Waals surface area contributed by atoms with Gasteiger partial charge in [0.2, 0.25) is 0 Å². The van der Waals surface area contributed by atoms with Gasteiger partial charge in [0.25, 0.3) is 0 Å². The van der Waals surface area contributed by atoms with E-state index in [-0.39, 0.29) is 5.82 Å². The molecule has 0 spiro atoms. The highest BCUT2D eigenvalue weighted by Crippen LogP contribution is 2.19. The van der Waals surface area contributed by atoms with Crippen LogP contribution in [-0.2, 0) is 6.54 Å². The van der Waals surface area contributed by atoms with E-state index in [1.165, 1.54) is 12.1 Å². The van der Waals surface area contributed by atoms with Crippen LogP contribution in [0.3, 0.4) is 0 Å². The van der Waals surface area contributed by atoms with Crippen molar-refractivity contribution < 1.29 is 4.39 Å². The van der Waals surface area contributed by atoms with E-state index in [9.17, 15) is 4.39 Å². The van der Waals surface area contributed by atoms with Crippen LogP contribution in [-0.4, -0.2) is 43.1 Å². The summed E-state index contributed by atoms with van der Waals surface area (Å²) in [5.74, 6) is 1.09. The SMILES string of the molecule is CN=C(NCc1cc(F)ccc1Br)NC1CN(C(C)C)CC1C. The second kappa shape index (κ2) is 8.11. The van der Waals surface area contributed by atoms with E-state index >= 15 is 0 Å². The highest BCUT2D eigenvalue weighted by Gasteiger charge is 2.31. The van der Waals surface area contributed by atoms with Gasteiger partial charge in [0, 0.05) is 43.2 Å². The maximum absolute atomic E-state index is 13.4. The molecule has 1 fully saturated rings. The number of nitrogens with zero attached hydrogens (tertiary/aromatic N) is 2. The molecule has 1 aromatic carbocycles. The Balaban J connectivity index is 1.92. The van der Waals surface area contributed by atoms with E-state index in [0.717, 1.165) is 29.1 Å². The van der Waals surface area contributed by atoms with Crippen molar-refractivity contribution in [3.8, 4) is 0 Å². The van der Waals surface area contributed by atoms with Crippen molar-refractivity contribution in [1.29, 1.82) is 0 Å². The lowest BCUT2D eigenvalue weighted by molar-refractivity contribution is 0.265. The van der Waals surface area contributed by atoms with Crippen LogP contribution < -0.4 is 10.6 Å². The number of likely N-dealkylation sites (tertiary alicyclic amines) is 1. The minimum Gasteiger partial charge on any atom is -0.352 e. The van der Waals surface area contributed by atoms with Crippen LogP contribution in [0.5, 0.6) is 0 Å². The van der Waals surface area contributed by atoms with Gasteiger partial charge >= 0.3 is 0 Å². The van der Waals surface area contributed by atoms with E-state index in [2.05, 4.69) is 57.2 Å². The Morgan fingerprint density at radius 1 is 1.43 bits per heavy atom. The first-order valence-corrected chi connectivity index (χ1v) is 8.85. The molecule has 2 unspecified atom stereocenters. The minimum atomic E-state index is -0.232. The summed E-state index contributed by atoms with van der Waals surface area (Å²) >= 11 is 3.45. The molecule has 1 aliphatic heterocycles. The molecule has 1 heterocycles. The van der Waals surface area contributed by atoms with Crippen LogP contribution in [0.15, 0.2) is 27.7 Å². The number of hydrogen-bond donors (Lipinski definition) is 2. The Morgan fingerprint density at radius 2 is 2.17 bits per heavy atom. The van der Waals surface area contributed by atoms with Gasteiger partial charge in [-0.3, -0.25) is 9.89 Å². The van der Waals surface area contributed by atoms with Crippen LogP contribution in [0.25, 0.3) is 0 Å². The summed E-state index contributed by atoms with van der Waals surface area (Å²) in [5, 5.41) is 6.76. The number of hydrogen-bond acceptors (Lipinski definition) is 2. The van der Waals surface area contributed by atoms with Gasteiger partial charge in [-0.05, 0) is 43.5 Å². The topological polar surface area (TPSA) is 39.7 Å². The molecule has 4 nitrogen and oxygen atoms in total. The van der Waals surface area contributed by atoms with E-state index in [4.69, 9.17) is 0 Å². The van der Waals surface area contributed by atoms with Crippen LogP contribution >= 0.6 is 15.9 Å². The molecular formula is C17H26BrFN4. The average molecular weight is 385 g/mol. The number of nitrogens with one attached hydrogen (secondary N) is 2. The predicted octanol–water partition coefficient (Wildman–Crippen LogP) is 2.98. The normalized spacial score (nSPS) is 22.7. The Bertz CT molecular complexity index is 562. The predicted molar refractivity (Wildman–Crippen MR) is 97.1 cm³/mol. The zero-order valence-corrected chi connectivity index (χ0v) is 15.8. The zero-order chi connectivity index (χ0) is 17.0.